The Morgan fingerprint density at radius 2 is 2.31 bits per heavy atom. The molecule has 1 rings (SSSR count). The fourth-order valence-electron chi connectivity index (χ4n) is 1.12. The van der Waals surface area contributed by atoms with Crippen molar-refractivity contribution in [1.82, 2.24) is 4.98 Å². The first-order valence-corrected chi connectivity index (χ1v) is 4.33. The van der Waals surface area contributed by atoms with Gasteiger partial charge in [0.2, 0.25) is 0 Å². The zero-order valence-corrected chi connectivity index (χ0v) is 7.90. The van der Waals surface area contributed by atoms with Crippen molar-refractivity contribution in [3.63, 3.8) is 0 Å². The number of Topliss-reactive ketones (excluding diaryl/α,β-unsaturated/α-hetero) is 1. The van der Waals surface area contributed by atoms with Crippen LogP contribution in [0.15, 0.2) is 36.5 Å². The second-order valence-corrected chi connectivity index (χ2v) is 2.89. The first-order chi connectivity index (χ1) is 6.25. The van der Waals surface area contributed by atoms with Crippen LogP contribution in [0.4, 0.5) is 0 Å². The Bertz CT molecular complexity index is 303. The topological polar surface area (TPSA) is 30.0 Å². The van der Waals surface area contributed by atoms with Crippen molar-refractivity contribution >= 4 is 5.78 Å². The van der Waals surface area contributed by atoms with Crippen LogP contribution in [0.2, 0.25) is 0 Å². The number of ketones is 1. The molecule has 68 valence electrons. The van der Waals surface area contributed by atoms with E-state index < -0.39 is 0 Å². The Labute approximate surface area is 78.3 Å². The second-order valence-electron chi connectivity index (χ2n) is 2.89. The molecule has 1 aromatic rings. The van der Waals surface area contributed by atoms with Gasteiger partial charge in [0.1, 0.15) is 5.69 Å². The van der Waals surface area contributed by atoms with E-state index in [9.17, 15) is 4.79 Å². The maximum atomic E-state index is 11.6. The van der Waals surface area contributed by atoms with E-state index >= 15 is 0 Å². The normalized spacial score (nSPS) is 13.1. The number of allylic oxidation sites excluding steroid dienone is 2. The smallest absolute Gasteiger partial charge is 0.187 e. The van der Waals surface area contributed by atoms with Crippen molar-refractivity contribution in [2.45, 2.75) is 13.8 Å². The van der Waals surface area contributed by atoms with E-state index in [1.54, 1.807) is 18.3 Å². The number of carbonyl (C=O) groups is 1. The van der Waals surface area contributed by atoms with Gasteiger partial charge in [-0.25, -0.2) is 0 Å². The van der Waals surface area contributed by atoms with Gasteiger partial charge in [0.05, 0.1) is 0 Å². The molecule has 0 saturated heterocycles. The molecule has 0 bridgehead atoms. The minimum Gasteiger partial charge on any atom is -0.292 e. The lowest BCUT2D eigenvalue weighted by Gasteiger charge is -2.03. The number of rotatable bonds is 3. The average molecular weight is 175 g/mol. The van der Waals surface area contributed by atoms with Crippen LogP contribution < -0.4 is 0 Å². The summed E-state index contributed by atoms with van der Waals surface area (Å²) in [7, 11) is 0. The fraction of sp³-hybridized carbons (Fsp3) is 0.273. The molecule has 1 heterocycles. The van der Waals surface area contributed by atoms with Crippen molar-refractivity contribution in [2.24, 2.45) is 5.92 Å². The lowest BCUT2D eigenvalue weighted by molar-refractivity contribution is 0.0948. The molecule has 13 heavy (non-hydrogen) atoms. The predicted molar refractivity (Wildman–Crippen MR) is 52.5 cm³/mol. The molecule has 0 aliphatic rings. The van der Waals surface area contributed by atoms with Gasteiger partial charge in [-0.05, 0) is 19.1 Å². The third kappa shape index (κ3) is 2.51. The van der Waals surface area contributed by atoms with E-state index in [0.29, 0.717) is 5.69 Å². The van der Waals surface area contributed by atoms with Crippen LogP contribution >= 0.6 is 0 Å². The molecule has 0 N–H and O–H groups in total. The Hall–Kier alpha value is -1.44. The summed E-state index contributed by atoms with van der Waals surface area (Å²) in [6.07, 6.45) is 5.39. The average Bonchev–Trinajstić information content (AvgIpc) is 2.18. The largest absolute Gasteiger partial charge is 0.292 e. The van der Waals surface area contributed by atoms with Crippen molar-refractivity contribution in [1.29, 1.82) is 0 Å². The molecule has 2 heteroatoms. The van der Waals surface area contributed by atoms with E-state index in [2.05, 4.69) is 4.98 Å². The van der Waals surface area contributed by atoms with Gasteiger partial charge in [-0.2, -0.15) is 0 Å². The number of nitrogens with zero attached hydrogens (tertiary/aromatic N) is 1. The van der Waals surface area contributed by atoms with E-state index in [0.717, 1.165) is 0 Å². The quantitative estimate of drug-likeness (QED) is 0.521. The van der Waals surface area contributed by atoms with Crippen molar-refractivity contribution in [2.75, 3.05) is 0 Å². The highest BCUT2D eigenvalue weighted by Crippen LogP contribution is 2.06. The highest BCUT2D eigenvalue weighted by molar-refractivity contribution is 5.96. The summed E-state index contributed by atoms with van der Waals surface area (Å²) in [6, 6.07) is 5.36. The molecule has 0 amide bonds. The van der Waals surface area contributed by atoms with Crippen LogP contribution in [-0.4, -0.2) is 10.8 Å². The highest BCUT2D eigenvalue weighted by atomic mass is 16.1. The monoisotopic (exact) mass is 175 g/mol. The van der Waals surface area contributed by atoms with Crippen molar-refractivity contribution < 1.29 is 4.79 Å². The SMILES string of the molecule is C/C=C/[C@H](C)C(=O)c1ccccn1. The zero-order valence-electron chi connectivity index (χ0n) is 7.90. The Morgan fingerprint density at radius 3 is 2.85 bits per heavy atom. The number of hydrogen-bond acceptors (Lipinski definition) is 2. The molecule has 0 spiro atoms. The molecule has 1 aromatic heterocycles. The summed E-state index contributed by atoms with van der Waals surface area (Å²) in [4.78, 5) is 15.6. The molecular formula is C11H13NO. The van der Waals surface area contributed by atoms with Gasteiger partial charge in [-0.1, -0.05) is 25.1 Å². The predicted octanol–water partition coefficient (Wildman–Crippen LogP) is 2.48. The Balaban J connectivity index is 2.80. The van der Waals surface area contributed by atoms with Crippen LogP contribution in [0.25, 0.3) is 0 Å². The first kappa shape index (κ1) is 9.65. The van der Waals surface area contributed by atoms with Gasteiger partial charge in [-0.15, -0.1) is 0 Å². The summed E-state index contributed by atoms with van der Waals surface area (Å²) < 4.78 is 0. The summed E-state index contributed by atoms with van der Waals surface area (Å²) >= 11 is 0. The van der Waals surface area contributed by atoms with E-state index in [1.165, 1.54) is 0 Å². The van der Waals surface area contributed by atoms with Gasteiger partial charge in [-0.3, -0.25) is 9.78 Å². The maximum absolute atomic E-state index is 11.6. The van der Waals surface area contributed by atoms with Gasteiger partial charge in [0.15, 0.2) is 5.78 Å². The van der Waals surface area contributed by atoms with Crippen LogP contribution in [-0.2, 0) is 0 Å². The summed E-state index contributed by atoms with van der Waals surface area (Å²) in [5, 5.41) is 0. The number of pyridine rings is 1. The minimum atomic E-state index is -0.0834. The van der Waals surface area contributed by atoms with Gasteiger partial charge in [0, 0.05) is 12.1 Å². The maximum Gasteiger partial charge on any atom is 0.187 e. The molecule has 0 aromatic carbocycles. The van der Waals surface area contributed by atoms with Gasteiger partial charge >= 0.3 is 0 Å². The summed E-state index contributed by atoms with van der Waals surface area (Å²) in [5.41, 5.74) is 0.535. The lowest BCUT2D eigenvalue weighted by Crippen LogP contribution is -2.10. The number of hydrogen-bond donors (Lipinski definition) is 0. The highest BCUT2D eigenvalue weighted by Gasteiger charge is 2.12. The Morgan fingerprint density at radius 1 is 1.54 bits per heavy atom. The molecule has 0 aliphatic heterocycles. The lowest BCUT2D eigenvalue weighted by atomic mass is 10.0. The second kappa shape index (κ2) is 4.55. The number of carbonyl (C=O) groups excluding carboxylic acids is 1. The molecule has 0 saturated carbocycles. The summed E-state index contributed by atoms with van der Waals surface area (Å²) in [6.45, 7) is 3.78. The van der Waals surface area contributed by atoms with Crippen LogP contribution in [0.5, 0.6) is 0 Å². The third-order valence-corrected chi connectivity index (χ3v) is 1.81. The van der Waals surface area contributed by atoms with Crippen LogP contribution in [0, 0.1) is 5.92 Å². The fourth-order valence-corrected chi connectivity index (χ4v) is 1.12. The van der Waals surface area contributed by atoms with Crippen molar-refractivity contribution in [3.05, 3.63) is 42.2 Å². The van der Waals surface area contributed by atoms with Gasteiger partial charge in [0.25, 0.3) is 0 Å². The first-order valence-electron chi connectivity index (χ1n) is 4.33. The zero-order chi connectivity index (χ0) is 9.68. The minimum absolute atomic E-state index is 0.0682. The van der Waals surface area contributed by atoms with E-state index in [1.807, 2.05) is 32.1 Å². The number of aromatic nitrogens is 1. The van der Waals surface area contributed by atoms with Crippen LogP contribution in [0.1, 0.15) is 24.3 Å². The molecule has 2 nitrogen and oxygen atoms in total. The molecular weight excluding hydrogens is 162 g/mol. The third-order valence-electron chi connectivity index (χ3n) is 1.81. The molecule has 0 unspecified atom stereocenters. The van der Waals surface area contributed by atoms with E-state index in [-0.39, 0.29) is 11.7 Å². The van der Waals surface area contributed by atoms with Gasteiger partial charge < -0.3 is 0 Å². The Kier molecular flexibility index (Phi) is 3.38. The standard InChI is InChI=1S/C11H13NO/c1-3-6-9(2)11(13)10-7-4-5-8-12-10/h3-9H,1-2H3/b6-3+/t9-/m0/s1. The van der Waals surface area contributed by atoms with Crippen LogP contribution in [0.3, 0.4) is 0 Å². The molecule has 0 aliphatic carbocycles. The van der Waals surface area contributed by atoms with Crippen molar-refractivity contribution in [3.8, 4) is 0 Å². The summed E-state index contributed by atoms with van der Waals surface area (Å²) in [5.74, 6) is -0.0152. The molecule has 0 radical (unpaired) electrons. The molecule has 0 fully saturated rings. The molecule has 1 atom stereocenters. The van der Waals surface area contributed by atoms with E-state index in [4.69, 9.17) is 0 Å².